The minimum absolute atomic E-state index is 0.0568. The number of benzene rings is 1. The minimum atomic E-state index is -0.770. The van der Waals surface area contributed by atoms with Gasteiger partial charge in [0.1, 0.15) is 5.82 Å². The fourth-order valence-electron chi connectivity index (χ4n) is 4.59. The number of carbonyl (C=O) groups is 3. The first kappa shape index (κ1) is 22.1. The molecule has 0 N–H and O–H groups in total. The Bertz CT molecular complexity index is 988. The fourth-order valence-corrected chi connectivity index (χ4v) is 5.17. The van der Waals surface area contributed by atoms with Crippen LogP contribution in [0.4, 0.5) is 10.1 Å². The highest BCUT2D eigenvalue weighted by Crippen LogP contribution is 2.38. The number of nitrogens with zero attached hydrogens (tertiary/aromatic N) is 2. The van der Waals surface area contributed by atoms with E-state index in [4.69, 9.17) is 23.8 Å². The third kappa shape index (κ3) is 3.94. The Hall–Kier alpha value is -2.12. The molecule has 8 heteroatoms. The summed E-state index contributed by atoms with van der Waals surface area (Å²) in [6.07, 6.45) is 5.75. The third-order valence-corrected chi connectivity index (χ3v) is 7.25. The first-order chi connectivity index (χ1) is 14.8. The van der Waals surface area contributed by atoms with Crippen LogP contribution in [0.2, 0.25) is 5.02 Å². The zero-order valence-corrected chi connectivity index (χ0v) is 19.0. The highest BCUT2D eigenvalue weighted by Gasteiger charge is 2.41. The summed E-state index contributed by atoms with van der Waals surface area (Å²) < 4.78 is 14.9. The lowest BCUT2D eigenvalue weighted by Crippen LogP contribution is -2.41. The van der Waals surface area contributed by atoms with Crippen molar-refractivity contribution in [2.45, 2.75) is 51.9 Å². The van der Waals surface area contributed by atoms with Crippen molar-refractivity contribution in [2.75, 3.05) is 18.0 Å². The van der Waals surface area contributed by atoms with E-state index in [0.717, 1.165) is 43.1 Å². The summed E-state index contributed by atoms with van der Waals surface area (Å²) in [6, 6.07) is 2.41. The van der Waals surface area contributed by atoms with Gasteiger partial charge in [0.05, 0.1) is 16.6 Å². The molecule has 1 aromatic carbocycles. The van der Waals surface area contributed by atoms with Gasteiger partial charge in [0, 0.05) is 34.7 Å². The first-order valence-electron chi connectivity index (χ1n) is 10.7. The quantitative estimate of drug-likeness (QED) is 0.373. The maximum Gasteiger partial charge on any atom is 0.261 e. The normalized spacial score (nSPS) is 20.2. The number of imide groups is 1. The zero-order chi connectivity index (χ0) is 22.3. The highest BCUT2D eigenvalue weighted by molar-refractivity contribution is 7.81. The van der Waals surface area contributed by atoms with Crippen LogP contribution in [0.25, 0.3) is 0 Å². The van der Waals surface area contributed by atoms with Crippen molar-refractivity contribution in [3.8, 4) is 0 Å². The van der Waals surface area contributed by atoms with E-state index in [1.54, 1.807) is 11.8 Å². The number of hydrogen-bond acceptors (Lipinski definition) is 4. The Kier molecular flexibility index (Phi) is 6.26. The van der Waals surface area contributed by atoms with Gasteiger partial charge in [-0.1, -0.05) is 23.8 Å². The van der Waals surface area contributed by atoms with Crippen LogP contribution >= 0.6 is 23.8 Å². The molecule has 3 amide bonds. The summed E-state index contributed by atoms with van der Waals surface area (Å²) in [7, 11) is 0. The van der Waals surface area contributed by atoms with Crippen LogP contribution in [-0.4, -0.2) is 40.6 Å². The van der Waals surface area contributed by atoms with Gasteiger partial charge in [-0.2, -0.15) is 0 Å². The van der Waals surface area contributed by atoms with Crippen molar-refractivity contribution in [1.29, 1.82) is 0 Å². The predicted molar refractivity (Wildman–Crippen MR) is 121 cm³/mol. The van der Waals surface area contributed by atoms with Gasteiger partial charge in [-0.15, -0.1) is 0 Å². The van der Waals surface area contributed by atoms with E-state index in [1.807, 2.05) is 0 Å². The van der Waals surface area contributed by atoms with E-state index in [9.17, 15) is 18.8 Å². The van der Waals surface area contributed by atoms with Gasteiger partial charge in [-0.3, -0.25) is 14.4 Å². The largest absolute Gasteiger partial charge is 0.342 e. The van der Waals surface area contributed by atoms with Gasteiger partial charge < -0.3 is 4.90 Å². The third-order valence-electron chi connectivity index (χ3n) is 6.36. The average molecular weight is 463 g/mol. The Morgan fingerprint density at radius 3 is 2.19 bits per heavy atom. The van der Waals surface area contributed by atoms with Crippen molar-refractivity contribution < 1.29 is 18.8 Å². The molecule has 0 aromatic heterocycles. The molecule has 0 radical (unpaired) electrons. The lowest BCUT2D eigenvalue weighted by molar-refractivity contribution is -0.133. The lowest BCUT2D eigenvalue weighted by atomic mass is 9.93. The monoisotopic (exact) mass is 462 g/mol. The van der Waals surface area contributed by atoms with Crippen LogP contribution in [0.1, 0.15) is 57.4 Å². The molecule has 2 heterocycles. The summed E-state index contributed by atoms with van der Waals surface area (Å²) >= 11 is 11.8. The molecule has 1 aliphatic carbocycles. The summed E-state index contributed by atoms with van der Waals surface area (Å²) in [5, 5.41) is 0.0568. The van der Waals surface area contributed by atoms with Crippen LogP contribution in [0, 0.1) is 11.7 Å². The van der Waals surface area contributed by atoms with Crippen LogP contribution in [0.15, 0.2) is 23.3 Å². The number of carbonyl (C=O) groups excluding carboxylic acids is 3. The summed E-state index contributed by atoms with van der Waals surface area (Å²) in [6.45, 7) is 3.11. The molecule has 2 aliphatic heterocycles. The molecule has 1 atom stereocenters. The van der Waals surface area contributed by atoms with E-state index in [0.29, 0.717) is 42.6 Å². The number of amides is 3. The van der Waals surface area contributed by atoms with Gasteiger partial charge in [0.25, 0.3) is 11.8 Å². The van der Waals surface area contributed by atoms with E-state index in [2.05, 4.69) is 0 Å². The molecule has 5 nitrogen and oxygen atoms in total. The standard InChI is InChI=1S/C23H24ClFN2O3S/c1-13(21(28)26-9-5-2-6-10-26)20(31)16-11-19(18(25)12-17(16)24)27-22(29)14-7-3-4-8-15(14)23(27)30/h11-13H,2-10H2,1H3. The molecule has 1 saturated heterocycles. The van der Waals surface area contributed by atoms with Crippen LogP contribution in [0.5, 0.6) is 0 Å². The fraction of sp³-hybridized carbons (Fsp3) is 0.478. The Morgan fingerprint density at radius 1 is 1.03 bits per heavy atom. The van der Waals surface area contributed by atoms with Crippen LogP contribution in [-0.2, 0) is 14.4 Å². The van der Waals surface area contributed by atoms with Crippen molar-refractivity contribution >= 4 is 52.1 Å². The molecule has 0 spiro atoms. The van der Waals surface area contributed by atoms with Gasteiger partial charge in [-0.05, 0) is 64.0 Å². The number of anilines is 1. The van der Waals surface area contributed by atoms with E-state index in [-0.39, 0.29) is 21.5 Å². The van der Waals surface area contributed by atoms with Crippen molar-refractivity contribution in [3.05, 3.63) is 39.7 Å². The summed E-state index contributed by atoms with van der Waals surface area (Å²) in [5.41, 5.74) is 1.09. The van der Waals surface area contributed by atoms with Gasteiger partial charge in [0.2, 0.25) is 5.91 Å². The van der Waals surface area contributed by atoms with Crippen LogP contribution in [0.3, 0.4) is 0 Å². The Morgan fingerprint density at radius 2 is 1.61 bits per heavy atom. The molecule has 4 rings (SSSR count). The lowest BCUT2D eigenvalue weighted by Gasteiger charge is -2.29. The molecule has 1 unspecified atom stereocenters. The topological polar surface area (TPSA) is 57.7 Å². The summed E-state index contributed by atoms with van der Waals surface area (Å²) in [4.78, 5) is 41.6. The van der Waals surface area contributed by atoms with E-state index >= 15 is 0 Å². The number of piperidine rings is 1. The molecule has 164 valence electrons. The number of hydrogen-bond donors (Lipinski definition) is 0. The van der Waals surface area contributed by atoms with Crippen LogP contribution < -0.4 is 4.90 Å². The van der Waals surface area contributed by atoms with Crippen molar-refractivity contribution in [3.63, 3.8) is 0 Å². The number of rotatable bonds is 4. The second kappa shape index (κ2) is 8.79. The zero-order valence-electron chi connectivity index (χ0n) is 17.4. The smallest absolute Gasteiger partial charge is 0.261 e. The van der Waals surface area contributed by atoms with E-state index < -0.39 is 23.5 Å². The van der Waals surface area contributed by atoms with Gasteiger partial charge in [-0.25, -0.2) is 9.29 Å². The SMILES string of the molecule is CC(C(=O)N1CCCCC1)C(=S)c1cc(N2C(=O)C3=C(CCCC3)C2=O)c(F)cc1Cl. The van der Waals surface area contributed by atoms with Gasteiger partial charge >= 0.3 is 0 Å². The molecule has 3 aliphatic rings. The average Bonchev–Trinajstić information content (AvgIpc) is 3.03. The number of halogens is 2. The highest BCUT2D eigenvalue weighted by atomic mass is 35.5. The second-order valence-corrected chi connectivity index (χ2v) is 9.21. The van der Waals surface area contributed by atoms with E-state index in [1.165, 1.54) is 6.07 Å². The maximum atomic E-state index is 14.9. The maximum absolute atomic E-state index is 14.9. The molecular formula is C23H24ClFN2O3S. The Balaban J connectivity index is 1.64. The minimum Gasteiger partial charge on any atom is -0.342 e. The number of likely N-dealkylation sites (tertiary alicyclic amines) is 1. The summed E-state index contributed by atoms with van der Waals surface area (Å²) in [5.74, 6) is -2.43. The molecule has 0 saturated carbocycles. The molecule has 1 fully saturated rings. The molecule has 31 heavy (non-hydrogen) atoms. The molecule has 0 bridgehead atoms. The van der Waals surface area contributed by atoms with Gasteiger partial charge in [0.15, 0.2) is 0 Å². The first-order valence-corrected chi connectivity index (χ1v) is 11.5. The Labute approximate surface area is 191 Å². The predicted octanol–water partition coefficient (Wildman–Crippen LogP) is 4.59. The number of thiocarbonyl (C=S) groups is 1. The molecular weight excluding hydrogens is 439 g/mol. The van der Waals surface area contributed by atoms with Crippen molar-refractivity contribution in [2.24, 2.45) is 5.92 Å². The van der Waals surface area contributed by atoms with Crippen molar-refractivity contribution in [1.82, 2.24) is 4.90 Å². The second-order valence-electron chi connectivity index (χ2n) is 8.37. The molecule has 1 aromatic rings.